The van der Waals surface area contributed by atoms with Gasteiger partial charge in [-0.25, -0.2) is 4.68 Å². The lowest BCUT2D eigenvalue weighted by atomic mass is 10.1. The van der Waals surface area contributed by atoms with Crippen molar-refractivity contribution in [1.82, 2.24) is 15.1 Å². The number of amides is 1. The third-order valence-electron chi connectivity index (χ3n) is 4.94. The highest BCUT2D eigenvalue weighted by Crippen LogP contribution is 2.25. The molecule has 2 aromatic heterocycles. The van der Waals surface area contributed by atoms with Crippen molar-refractivity contribution in [3.63, 3.8) is 0 Å². The Bertz CT molecular complexity index is 1130. The minimum Gasteiger partial charge on any atom is -0.463 e. The summed E-state index contributed by atoms with van der Waals surface area (Å²) >= 11 is 0. The van der Waals surface area contributed by atoms with E-state index in [1.54, 1.807) is 17.0 Å². The Labute approximate surface area is 170 Å². The maximum atomic E-state index is 13.2. The van der Waals surface area contributed by atoms with Crippen molar-refractivity contribution in [2.75, 3.05) is 0 Å². The first kappa shape index (κ1) is 18.7. The largest absolute Gasteiger partial charge is 0.463 e. The van der Waals surface area contributed by atoms with E-state index in [1.807, 2.05) is 75.4 Å². The fourth-order valence-corrected chi connectivity index (χ4v) is 3.41. The van der Waals surface area contributed by atoms with E-state index in [0.29, 0.717) is 17.1 Å². The molecule has 0 radical (unpaired) electrons. The molecule has 0 fully saturated rings. The highest BCUT2D eigenvalue weighted by Gasteiger charge is 2.21. The molecule has 146 valence electrons. The van der Waals surface area contributed by atoms with Crippen LogP contribution in [-0.4, -0.2) is 15.7 Å². The third kappa shape index (κ3) is 3.85. The first-order chi connectivity index (χ1) is 14.0. The number of furan rings is 1. The van der Waals surface area contributed by atoms with Crippen molar-refractivity contribution in [1.29, 1.82) is 0 Å². The Morgan fingerprint density at radius 1 is 1.03 bits per heavy atom. The standard InChI is InChI=1S/C24H23N3O2/c1-16-11-12-21(17(2)14-16)27-22(15-20(26-27)23-10-7-13-29-23)24(28)25-18(3)19-8-5-4-6-9-19/h4-15,18H,1-3H3,(H,25,28). The van der Waals surface area contributed by atoms with Gasteiger partial charge < -0.3 is 9.73 Å². The van der Waals surface area contributed by atoms with Gasteiger partial charge in [0, 0.05) is 6.07 Å². The first-order valence-corrected chi connectivity index (χ1v) is 9.60. The number of aryl methyl sites for hydroxylation is 2. The number of aromatic nitrogens is 2. The van der Waals surface area contributed by atoms with Gasteiger partial charge in [-0.15, -0.1) is 0 Å². The summed E-state index contributed by atoms with van der Waals surface area (Å²) in [5, 5.41) is 7.76. The molecule has 29 heavy (non-hydrogen) atoms. The maximum absolute atomic E-state index is 13.2. The molecule has 0 saturated heterocycles. The molecule has 1 unspecified atom stereocenters. The van der Waals surface area contributed by atoms with E-state index < -0.39 is 0 Å². The van der Waals surface area contributed by atoms with Crippen LogP contribution in [0.5, 0.6) is 0 Å². The fourth-order valence-electron chi connectivity index (χ4n) is 3.41. The fraction of sp³-hybridized carbons (Fsp3) is 0.167. The molecule has 1 N–H and O–H groups in total. The van der Waals surface area contributed by atoms with Gasteiger partial charge in [0.15, 0.2) is 5.76 Å². The minimum atomic E-state index is -0.188. The summed E-state index contributed by atoms with van der Waals surface area (Å²) in [7, 11) is 0. The van der Waals surface area contributed by atoms with Crippen molar-refractivity contribution in [3.8, 4) is 17.1 Å². The Hall–Kier alpha value is -3.60. The zero-order chi connectivity index (χ0) is 20.4. The molecular formula is C24H23N3O2. The molecule has 2 aromatic carbocycles. The molecule has 1 atom stereocenters. The van der Waals surface area contributed by atoms with Crippen LogP contribution < -0.4 is 5.32 Å². The number of nitrogens with zero attached hydrogens (tertiary/aromatic N) is 2. The van der Waals surface area contributed by atoms with E-state index in [4.69, 9.17) is 4.42 Å². The van der Waals surface area contributed by atoms with E-state index in [2.05, 4.69) is 16.5 Å². The van der Waals surface area contributed by atoms with Crippen LogP contribution in [0.1, 0.15) is 40.1 Å². The normalized spacial score (nSPS) is 12.0. The second kappa shape index (κ2) is 7.80. The highest BCUT2D eigenvalue weighted by atomic mass is 16.3. The second-order valence-electron chi connectivity index (χ2n) is 7.20. The summed E-state index contributed by atoms with van der Waals surface area (Å²) in [5.74, 6) is 0.435. The Morgan fingerprint density at radius 3 is 2.52 bits per heavy atom. The highest BCUT2D eigenvalue weighted by molar-refractivity contribution is 5.94. The zero-order valence-corrected chi connectivity index (χ0v) is 16.7. The molecule has 0 aliphatic heterocycles. The van der Waals surface area contributed by atoms with E-state index in [9.17, 15) is 4.79 Å². The molecule has 5 heteroatoms. The molecule has 5 nitrogen and oxygen atoms in total. The smallest absolute Gasteiger partial charge is 0.270 e. The molecular weight excluding hydrogens is 362 g/mol. The lowest BCUT2D eigenvalue weighted by molar-refractivity contribution is 0.0932. The van der Waals surface area contributed by atoms with E-state index in [0.717, 1.165) is 22.4 Å². The minimum absolute atomic E-state index is 0.127. The number of nitrogens with one attached hydrogen (secondary N) is 1. The van der Waals surface area contributed by atoms with Gasteiger partial charge >= 0.3 is 0 Å². The van der Waals surface area contributed by atoms with Crippen molar-refractivity contribution >= 4 is 5.91 Å². The van der Waals surface area contributed by atoms with Crippen LogP contribution in [0, 0.1) is 13.8 Å². The summed E-state index contributed by atoms with van der Waals surface area (Å²) in [6, 6.07) is 21.3. The number of carbonyl (C=O) groups excluding carboxylic acids is 1. The zero-order valence-electron chi connectivity index (χ0n) is 16.7. The van der Waals surface area contributed by atoms with Gasteiger partial charge in [-0.2, -0.15) is 5.10 Å². The lowest BCUT2D eigenvalue weighted by Crippen LogP contribution is -2.28. The maximum Gasteiger partial charge on any atom is 0.270 e. The first-order valence-electron chi connectivity index (χ1n) is 9.60. The summed E-state index contributed by atoms with van der Waals surface area (Å²) in [6.45, 7) is 6.03. The van der Waals surface area contributed by atoms with Crippen LogP contribution in [0.2, 0.25) is 0 Å². The predicted molar refractivity (Wildman–Crippen MR) is 113 cm³/mol. The number of hydrogen-bond acceptors (Lipinski definition) is 3. The molecule has 0 aliphatic rings. The Balaban J connectivity index is 1.74. The van der Waals surface area contributed by atoms with Crippen LogP contribution in [0.15, 0.2) is 77.4 Å². The summed E-state index contributed by atoms with van der Waals surface area (Å²) in [4.78, 5) is 13.2. The van der Waals surface area contributed by atoms with E-state index >= 15 is 0 Å². The molecule has 0 aliphatic carbocycles. The van der Waals surface area contributed by atoms with Gasteiger partial charge in [0.2, 0.25) is 0 Å². The number of carbonyl (C=O) groups is 1. The van der Waals surface area contributed by atoms with Crippen LogP contribution in [-0.2, 0) is 0 Å². The summed E-state index contributed by atoms with van der Waals surface area (Å²) < 4.78 is 7.19. The van der Waals surface area contributed by atoms with Crippen LogP contribution >= 0.6 is 0 Å². The average Bonchev–Trinajstić information content (AvgIpc) is 3.38. The van der Waals surface area contributed by atoms with Gasteiger partial charge in [0.05, 0.1) is 18.0 Å². The number of benzene rings is 2. The van der Waals surface area contributed by atoms with E-state index in [1.165, 1.54) is 0 Å². The number of rotatable bonds is 5. The SMILES string of the molecule is Cc1ccc(-n2nc(-c3ccco3)cc2C(=O)NC(C)c2ccccc2)c(C)c1. The van der Waals surface area contributed by atoms with Crippen molar-refractivity contribution in [2.45, 2.75) is 26.8 Å². The Kier molecular flexibility index (Phi) is 5.04. The third-order valence-corrected chi connectivity index (χ3v) is 4.94. The molecule has 1 amide bonds. The molecule has 2 heterocycles. The summed E-state index contributed by atoms with van der Waals surface area (Å²) in [6.07, 6.45) is 1.60. The van der Waals surface area contributed by atoms with Gasteiger partial charge in [0.25, 0.3) is 5.91 Å². The van der Waals surface area contributed by atoms with Gasteiger partial charge in [-0.1, -0.05) is 48.0 Å². The van der Waals surface area contributed by atoms with Crippen molar-refractivity contribution in [2.24, 2.45) is 0 Å². The number of hydrogen-bond donors (Lipinski definition) is 1. The van der Waals surface area contributed by atoms with Crippen molar-refractivity contribution < 1.29 is 9.21 Å². The van der Waals surface area contributed by atoms with Crippen LogP contribution in [0.3, 0.4) is 0 Å². The van der Waals surface area contributed by atoms with Crippen LogP contribution in [0.25, 0.3) is 17.1 Å². The second-order valence-corrected chi connectivity index (χ2v) is 7.20. The topological polar surface area (TPSA) is 60.1 Å². The van der Waals surface area contributed by atoms with Gasteiger partial charge in [0.1, 0.15) is 11.4 Å². The lowest BCUT2D eigenvalue weighted by Gasteiger charge is -2.15. The molecule has 0 bridgehead atoms. The molecule has 4 rings (SSSR count). The van der Waals surface area contributed by atoms with Crippen molar-refractivity contribution in [3.05, 3.63) is 95.4 Å². The van der Waals surface area contributed by atoms with E-state index in [-0.39, 0.29) is 11.9 Å². The molecule has 4 aromatic rings. The van der Waals surface area contributed by atoms with Gasteiger partial charge in [-0.3, -0.25) is 4.79 Å². The molecule has 0 spiro atoms. The van der Waals surface area contributed by atoms with Gasteiger partial charge in [-0.05, 0) is 50.1 Å². The quantitative estimate of drug-likeness (QED) is 0.511. The monoisotopic (exact) mass is 385 g/mol. The Morgan fingerprint density at radius 2 is 1.83 bits per heavy atom. The average molecular weight is 385 g/mol. The molecule has 0 saturated carbocycles. The van der Waals surface area contributed by atoms with Crippen LogP contribution in [0.4, 0.5) is 0 Å². The summed E-state index contributed by atoms with van der Waals surface area (Å²) in [5.41, 5.74) is 5.20. The predicted octanol–water partition coefficient (Wildman–Crippen LogP) is 5.24.